The predicted octanol–water partition coefficient (Wildman–Crippen LogP) is 2.23. The van der Waals surface area contributed by atoms with E-state index in [0.29, 0.717) is 11.8 Å². The number of hydrogen-bond acceptors (Lipinski definition) is 3. The van der Waals surface area contributed by atoms with Crippen molar-refractivity contribution >= 4 is 9.84 Å². The Morgan fingerprint density at radius 2 is 2.06 bits per heavy atom. The molecular formula is C14H27NO2S. The highest BCUT2D eigenvalue weighted by molar-refractivity contribution is 7.91. The lowest BCUT2D eigenvalue weighted by Gasteiger charge is -2.46. The van der Waals surface area contributed by atoms with Gasteiger partial charge in [0.1, 0.15) is 0 Å². The van der Waals surface area contributed by atoms with Crippen LogP contribution in [0.4, 0.5) is 0 Å². The molecule has 1 heterocycles. The molecule has 18 heavy (non-hydrogen) atoms. The number of nitrogens with one attached hydrogen (secondary N) is 1. The summed E-state index contributed by atoms with van der Waals surface area (Å²) in [5.74, 6) is 1.18. The van der Waals surface area contributed by atoms with Crippen LogP contribution in [0.1, 0.15) is 46.0 Å². The van der Waals surface area contributed by atoms with Crippen molar-refractivity contribution in [3.05, 3.63) is 0 Å². The van der Waals surface area contributed by atoms with Gasteiger partial charge in [0.2, 0.25) is 0 Å². The predicted molar refractivity (Wildman–Crippen MR) is 75.3 cm³/mol. The molecule has 2 aliphatic rings. The summed E-state index contributed by atoms with van der Waals surface area (Å²) in [6.07, 6.45) is 6.73. The van der Waals surface area contributed by atoms with Gasteiger partial charge in [-0.15, -0.1) is 0 Å². The van der Waals surface area contributed by atoms with E-state index < -0.39 is 9.84 Å². The quantitative estimate of drug-likeness (QED) is 0.857. The van der Waals surface area contributed by atoms with Gasteiger partial charge in [-0.05, 0) is 56.0 Å². The van der Waals surface area contributed by atoms with Gasteiger partial charge in [-0.25, -0.2) is 8.42 Å². The van der Waals surface area contributed by atoms with E-state index in [1.165, 1.54) is 6.26 Å². The molecule has 0 aromatic carbocycles. The highest BCUT2D eigenvalue weighted by atomic mass is 32.2. The van der Waals surface area contributed by atoms with E-state index in [1.807, 2.05) is 0 Å². The van der Waals surface area contributed by atoms with E-state index in [-0.39, 0.29) is 10.7 Å². The van der Waals surface area contributed by atoms with E-state index in [1.54, 1.807) is 0 Å². The molecule has 1 spiro atoms. The van der Waals surface area contributed by atoms with Gasteiger partial charge in [0.25, 0.3) is 0 Å². The summed E-state index contributed by atoms with van der Waals surface area (Å²) in [6.45, 7) is 6.48. The molecule has 0 radical (unpaired) electrons. The van der Waals surface area contributed by atoms with Gasteiger partial charge < -0.3 is 5.32 Å². The van der Waals surface area contributed by atoms with Crippen molar-refractivity contribution < 1.29 is 8.42 Å². The lowest BCUT2D eigenvalue weighted by molar-refractivity contribution is 0.0991. The van der Waals surface area contributed by atoms with Gasteiger partial charge in [0.15, 0.2) is 9.84 Å². The third-order valence-corrected chi connectivity index (χ3v) is 6.73. The topological polar surface area (TPSA) is 46.2 Å². The average molecular weight is 273 g/mol. The van der Waals surface area contributed by atoms with Gasteiger partial charge in [-0.3, -0.25) is 0 Å². The molecule has 2 fully saturated rings. The molecule has 1 aliphatic heterocycles. The van der Waals surface area contributed by atoms with Crippen molar-refractivity contribution in [2.75, 3.05) is 19.3 Å². The number of sulfone groups is 1. The minimum Gasteiger partial charge on any atom is -0.316 e. The fourth-order valence-electron chi connectivity index (χ4n) is 4.35. The molecule has 1 N–H and O–H groups in total. The first-order valence-corrected chi connectivity index (χ1v) is 9.21. The first kappa shape index (κ1) is 14.3. The van der Waals surface area contributed by atoms with Crippen molar-refractivity contribution in [3.63, 3.8) is 0 Å². The molecule has 1 aliphatic carbocycles. The Morgan fingerprint density at radius 1 is 1.33 bits per heavy atom. The van der Waals surface area contributed by atoms with Crippen LogP contribution in [0.3, 0.4) is 0 Å². The van der Waals surface area contributed by atoms with Crippen LogP contribution in [0.2, 0.25) is 0 Å². The Labute approximate surface area is 112 Å². The van der Waals surface area contributed by atoms with Crippen LogP contribution in [0.25, 0.3) is 0 Å². The van der Waals surface area contributed by atoms with Crippen LogP contribution in [-0.2, 0) is 9.84 Å². The maximum Gasteiger partial charge on any atom is 0.150 e. The molecule has 2 rings (SSSR count). The van der Waals surface area contributed by atoms with Crippen LogP contribution in [-0.4, -0.2) is 33.0 Å². The monoisotopic (exact) mass is 273 g/mol. The van der Waals surface area contributed by atoms with Crippen LogP contribution >= 0.6 is 0 Å². The van der Waals surface area contributed by atoms with E-state index >= 15 is 0 Å². The highest BCUT2D eigenvalue weighted by Gasteiger charge is 2.52. The molecule has 0 amide bonds. The maximum atomic E-state index is 12.1. The van der Waals surface area contributed by atoms with Gasteiger partial charge in [0.05, 0.1) is 5.25 Å². The van der Waals surface area contributed by atoms with Crippen molar-refractivity contribution in [3.8, 4) is 0 Å². The second-order valence-corrected chi connectivity index (χ2v) is 8.95. The molecule has 106 valence electrons. The van der Waals surface area contributed by atoms with Gasteiger partial charge >= 0.3 is 0 Å². The Kier molecular flexibility index (Phi) is 4.07. The van der Waals surface area contributed by atoms with Gasteiger partial charge in [-0.1, -0.05) is 20.3 Å². The summed E-state index contributed by atoms with van der Waals surface area (Å²) in [5, 5.41) is 3.38. The summed E-state index contributed by atoms with van der Waals surface area (Å²) < 4.78 is 24.2. The zero-order valence-corrected chi connectivity index (χ0v) is 12.7. The van der Waals surface area contributed by atoms with E-state index in [2.05, 4.69) is 19.2 Å². The first-order valence-electron chi connectivity index (χ1n) is 7.26. The highest BCUT2D eigenvalue weighted by Crippen LogP contribution is 2.52. The second kappa shape index (κ2) is 5.12. The lowest BCUT2D eigenvalue weighted by Crippen LogP contribution is -2.51. The Bertz CT molecular complexity index is 391. The van der Waals surface area contributed by atoms with E-state index in [0.717, 1.165) is 45.2 Å². The molecular weight excluding hydrogens is 246 g/mol. The fraction of sp³-hybridized carbons (Fsp3) is 1.00. The van der Waals surface area contributed by atoms with Crippen LogP contribution < -0.4 is 5.32 Å². The molecule has 1 saturated heterocycles. The fourth-order valence-corrected chi connectivity index (χ4v) is 6.23. The van der Waals surface area contributed by atoms with E-state index in [4.69, 9.17) is 0 Å². The molecule has 3 nitrogen and oxygen atoms in total. The van der Waals surface area contributed by atoms with Crippen LogP contribution in [0.5, 0.6) is 0 Å². The second-order valence-electron chi connectivity index (χ2n) is 6.72. The van der Waals surface area contributed by atoms with Gasteiger partial charge in [-0.2, -0.15) is 0 Å². The van der Waals surface area contributed by atoms with Crippen molar-refractivity contribution in [1.29, 1.82) is 0 Å². The zero-order chi connectivity index (χ0) is 13.4. The Morgan fingerprint density at radius 3 is 2.67 bits per heavy atom. The molecule has 1 saturated carbocycles. The van der Waals surface area contributed by atoms with Crippen molar-refractivity contribution in [1.82, 2.24) is 5.32 Å². The minimum atomic E-state index is -2.91. The maximum absolute atomic E-state index is 12.1. The third-order valence-electron chi connectivity index (χ3n) is 4.99. The van der Waals surface area contributed by atoms with Crippen LogP contribution in [0.15, 0.2) is 0 Å². The average Bonchev–Trinajstić information content (AvgIpc) is 2.65. The molecule has 4 heteroatoms. The number of piperidine rings is 1. The standard InChI is InChI=1S/C14H27NO2S/c1-11(2)9-12-10-15-8-7-14(12)6-4-5-13(14)18(3,16)17/h11-13,15H,4-10H2,1-3H3. The summed E-state index contributed by atoms with van der Waals surface area (Å²) in [5.41, 5.74) is 0.0725. The molecule has 3 unspecified atom stereocenters. The smallest absolute Gasteiger partial charge is 0.150 e. The van der Waals surface area contributed by atoms with Gasteiger partial charge in [0, 0.05) is 6.26 Å². The largest absolute Gasteiger partial charge is 0.316 e. The number of hydrogen-bond donors (Lipinski definition) is 1. The first-order chi connectivity index (χ1) is 8.36. The Balaban J connectivity index is 2.29. The summed E-state index contributed by atoms with van der Waals surface area (Å²) in [4.78, 5) is 0. The molecule has 0 aromatic rings. The normalized spacial score (nSPS) is 37.6. The molecule has 3 atom stereocenters. The zero-order valence-electron chi connectivity index (χ0n) is 11.9. The van der Waals surface area contributed by atoms with Crippen molar-refractivity contribution in [2.45, 2.75) is 51.2 Å². The molecule has 0 bridgehead atoms. The summed E-state index contributed by atoms with van der Waals surface area (Å²) in [6, 6.07) is 0. The SMILES string of the molecule is CC(C)CC1CNCCC12CCCC2S(C)(=O)=O. The lowest BCUT2D eigenvalue weighted by atomic mass is 9.66. The van der Waals surface area contributed by atoms with E-state index in [9.17, 15) is 8.42 Å². The third kappa shape index (κ3) is 2.60. The van der Waals surface area contributed by atoms with Crippen LogP contribution in [0, 0.1) is 17.3 Å². The molecule has 0 aromatic heterocycles. The summed E-state index contributed by atoms with van der Waals surface area (Å²) in [7, 11) is -2.91. The minimum absolute atomic E-state index is 0.0725. The number of rotatable bonds is 3. The summed E-state index contributed by atoms with van der Waals surface area (Å²) >= 11 is 0. The van der Waals surface area contributed by atoms with Crippen molar-refractivity contribution in [2.24, 2.45) is 17.3 Å². The Hall–Kier alpha value is -0.0900.